The summed E-state index contributed by atoms with van der Waals surface area (Å²) in [5.41, 5.74) is 0.661. The molecule has 0 N–H and O–H groups in total. The zero-order valence-electron chi connectivity index (χ0n) is 14.8. The van der Waals surface area contributed by atoms with E-state index in [2.05, 4.69) is 29.2 Å². The first-order chi connectivity index (χ1) is 11.4. The first-order valence-electron chi connectivity index (χ1n) is 8.72. The first kappa shape index (κ1) is 16.7. The Kier molecular flexibility index (Phi) is 4.74. The van der Waals surface area contributed by atoms with Crippen molar-refractivity contribution < 1.29 is 9.53 Å². The summed E-state index contributed by atoms with van der Waals surface area (Å²) in [7, 11) is 0. The minimum Gasteiger partial charge on any atom is -0.444 e. The second-order valence-electron chi connectivity index (χ2n) is 7.66. The minimum absolute atomic E-state index is 0.196. The van der Waals surface area contributed by atoms with Gasteiger partial charge in [0.25, 0.3) is 0 Å². The van der Waals surface area contributed by atoms with Crippen molar-refractivity contribution in [3.8, 4) is 0 Å². The number of benzene rings is 1. The third-order valence-electron chi connectivity index (χ3n) is 4.36. The van der Waals surface area contributed by atoms with Gasteiger partial charge in [0.1, 0.15) is 5.60 Å². The van der Waals surface area contributed by atoms with E-state index in [1.807, 2.05) is 37.9 Å². The van der Waals surface area contributed by atoms with Gasteiger partial charge in [0, 0.05) is 30.4 Å². The van der Waals surface area contributed by atoms with Gasteiger partial charge in [-0.3, -0.25) is 4.98 Å². The van der Waals surface area contributed by atoms with E-state index in [-0.39, 0.29) is 6.09 Å². The average molecular weight is 326 g/mol. The summed E-state index contributed by atoms with van der Waals surface area (Å²) >= 11 is 0. The number of hydrogen-bond acceptors (Lipinski definition) is 3. The SMILES string of the molecule is CC(C)(C)OC(=O)N1CCC[C@@H](Cc2cc3ccccc3cn2)C1. The molecule has 1 saturated heterocycles. The van der Waals surface area contributed by atoms with Gasteiger partial charge in [-0.1, -0.05) is 24.3 Å². The van der Waals surface area contributed by atoms with E-state index in [1.54, 1.807) is 0 Å². The maximum atomic E-state index is 12.3. The smallest absolute Gasteiger partial charge is 0.410 e. The van der Waals surface area contributed by atoms with Crippen LogP contribution in [-0.4, -0.2) is 34.7 Å². The highest BCUT2D eigenvalue weighted by atomic mass is 16.6. The summed E-state index contributed by atoms with van der Waals surface area (Å²) < 4.78 is 5.50. The van der Waals surface area contributed by atoms with Gasteiger partial charge in [-0.15, -0.1) is 0 Å². The molecule has 0 spiro atoms. The molecule has 0 saturated carbocycles. The lowest BCUT2D eigenvalue weighted by atomic mass is 9.93. The van der Waals surface area contributed by atoms with E-state index in [0.29, 0.717) is 5.92 Å². The molecule has 2 heterocycles. The van der Waals surface area contributed by atoms with Crippen LogP contribution in [0.1, 0.15) is 39.3 Å². The predicted octanol–water partition coefficient (Wildman–Crippen LogP) is 4.42. The van der Waals surface area contributed by atoms with Crippen molar-refractivity contribution in [3.05, 3.63) is 42.2 Å². The number of rotatable bonds is 2. The molecule has 0 unspecified atom stereocenters. The molecule has 1 atom stereocenters. The quantitative estimate of drug-likeness (QED) is 0.820. The number of piperidine rings is 1. The van der Waals surface area contributed by atoms with Crippen molar-refractivity contribution >= 4 is 16.9 Å². The van der Waals surface area contributed by atoms with Crippen LogP contribution < -0.4 is 0 Å². The summed E-state index contributed by atoms with van der Waals surface area (Å²) in [5, 5.41) is 2.39. The standard InChI is InChI=1S/C20H26N2O2/c1-20(2,3)24-19(23)22-10-6-7-15(14-22)11-18-12-16-8-4-5-9-17(16)13-21-18/h4-5,8-9,12-13,15H,6-7,10-11,14H2,1-3H3/t15-/m0/s1. The van der Waals surface area contributed by atoms with Crippen LogP contribution in [0.5, 0.6) is 0 Å². The van der Waals surface area contributed by atoms with E-state index >= 15 is 0 Å². The Balaban J connectivity index is 1.65. The normalized spacial score (nSPS) is 18.6. The van der Waals surface area contributed by atoms with Crippen molar-refractivity contribution in [3.63, 3.8) is 0 Å². The van der Waals surface area contributed by atoms with E-state index in [1.165, 1.54) is 10.8 Å². The van der Waals surface area contributed by atoms with Crippen LogP contribution in [0.3, 0.4) is 0 Å². The number of amides is 1. The van der Waals surface area contributed by atoms with Crippen molar-refractivity contribution in [2.24, 2.45) is 5.92 Å². The number of nitrogens with zero attached hydrogens (tertiary/aromatic N) is 2. The predicted molar refractivity (Wildman–Crippen MR) is 96.0 cm³/mol. The van der Waals surface area contributed by atoms with Crippen LogP contribution in [0.4, 0.5) is 4.79 Å². The van der Waals surface area contributed by atoms with Gasteiger partial charge >= 0.3 is 6.09 Å². The van der Waals surface area contributed by atoms with Gasteiger partial charge in [-0.25, -0.2) is 4.79 Å². The Hall–Kier alpha value is -2.10. The molecule has 3 rings (SSSR count). The van der Waals surface area contributed by atoms with E-state index < -0.39 is 5.60 Å². The summed E-state index contributed by atoms with van der Waals surface area (Å²) in [6.45, 7) is 7.27. The van der Waals surface area contributed by atoms with Crippen LogP contribution in [0.25, 0.3) is 10.8 Å². The van der Waals surface area contributed by atoms with Crippen LogP contribution >= 0.6 is 0 Å². The number of likely N-dealkylation sites (tertiary alicyclic amines) is 1. The molecule has 1 aromatic carbocycles. The molecular formula is C20H26N2O2. The summed E-state index contributed by atoms with van der Waals surface area (Å²) in [5.74, 6) is 0.444. The third kappa shape index (κ3) is 4.25. The molecule has 1 fully saturated rings. The number of fused-ring (bicyclic) bond motifs is 1. The van der Waals surface area contributed by atoms with Gasteiger partial charge in [0.2, 0.25) is 0 Å². The maximum Gasteiger partial charge on any atom is 0.410 e. The molecular weight excluding hydrogens is 300 g/mol. The molecule has 1 aliphatic rings. The van der Waals surface area contributed by atoms with E-state index in [9.17, 15) is 4.79 Å². The van der Waals surface area contributed by atoms with Crippen LogP contribution in [0.2, 0.25) is 0 Å². The molecule has 1 amide bonds. The number of aromatic nitrogens is 1. The molecule has 1 aromatic heterocycles. The fourth-order valence-corrected chi connectivity index (χ4v) is 3.26. The van der Waals surface area contributed by atoms with Crippen LogP contribution in [0.15, 0.2) is 36.5 Å². The fraction of sp³-hybridized carbons (Fsp3) is 0.500. The van der Waals surface area contributed by atoms with E-state index in [4.69, 9.17) is 4.74 Å². The number of ether oxygens (including phenoxy) is 1. The number of carbonyl (C=O) groups is 1. The molecule has 4 heteroatoms. The van der Waals surface area contributed by atoms with Gasteiger partial charge < -0.3 is 9.64 Å². The molecule has 128 valence electrons. The number of pyridine rings is 1. The Morgan fingerprint density at radius 3 is 2.79 bits per heavy atom. The Morgan fingerprint density at radius 1 is 1.29 bits per heavy atom. The lowest BCUT2D eigenvalue weighted by Gasteiger charge is -2.34. The topological polar surface area (TPSA) is 42.4 Å². The maximum absolute atomic E-state index is 12.3. The molecule has 4 nitrogen and oxygen atoms in total. The fourth-order valence-electron chi connectivity index (χ4n) is 3.26. The molecule has 0 radical (unpaired) electrons. The zero-order valence-corrected chi connectivity index (χ0v) is 14.8. The molecule has 1 aliphatic heterocycles. The highest BCUT2D eigenvalue weighted by Gasteiger charge is 2.27. The molecule has 24 heavy (non-hydrogen) atoms. The Morgan fingerprint density at radius 2 is 2.04 bits per heavy atom. The molecule has 0 bridgehead atoms. The largest absolute Gasteiger partial charge is 0.444 e. The second-order valence-corrected chi connectivity index (χ2v) is 7.66. The average Bonchev–Trinajstić information content (AvgIpc) is 2.53. The third-order valence-corrected chi connectivity index (χ3v) is 4.36. The van der Waals surface area contributed by atoms with Gasteiger partial charge in [-0.2, -0.15) is 0 Å². The summed E-state index contributed by atoms with van der Waals surface area (Å²) in [6, 6.07) is 10.5. The van der Waals surface area contributed by atoms with Gasteiger partial charge in [0.15, 0.2) is 0 Å². The van der Waals surface area contributed by atoms with Crippen molar-refractivity contribution in [1.29, 1.82) is 0 Å². The van der Waals surface area contributed by atoms with Crippen LogP contribution in [-0.2, 0) is 11.2 Å². The van der Waals surface area contributed by atoms with Gasteiger partial charge in [0.05, 0.1) is 0 Å². The number of carbonyl (C=O) groups excluding carboxylic acids is 1. The lowest BCUT2D eigenvalue weighted by Crippen LogP contribution is -2.43. The Bertz CT molecular complexity index is 721. The second kappa shape index (κ2) is 6.80. The highest BCUT2D eigenvalue weighted by molar-refractivity contribution is 5.81. The molecule has 2 aromatic rings. The van der Waals surface area contributed by atoms with E-state index in [0.717, 1.165) is 38.0 Å². The highest BCUT2D eigenvalue weighted by Crippen LogP contribution is 2.23. The van der Waals surface area contributed by atoms with Crippen molar-refractivity contribution in [2.45, 2.75) is 45.6 Å². The first-order valence-corrected chi connectivity index (χ1v) is 8.72. The summed E-state index contributed by atoms with van der Waals surface area (Å²) in [4.78, 5) is 18.7. The van der Waals surface area contributed by atoms with Gasteiger partial charge in [-0.05, 0) is 57.4 Å². The molecule has 0 aliphatic carbocycles. The lowest BCUT2D eigenvalue weighted by molar-refractivity contribution is 0.0165. The Labute approximate surface area is 143 Å². The minimum atomic E-state index is -0.441. The zero-order chi connectivity index (χ0) is 17.2. The summed E-state index contributed by atoms with van der Waals surface area (Å²) in [6.07, 6.45) is 4.81. The number of hydrogen-bond donors (Lipinski definition) is 0. The monoisotopic (exact) mass is 326 g/mol. The van der Waals surface area contributed by atoms with Crippen molar-refractivity contribution in [1.82, 2.24) is 9.88 Å². The van der Waals surface area contributed by atoms with Crippen LogP contribution in [0, 0.1) is 5.92 Å². The van der Waals surface area contributed by atoms with Crippen molar-refractivity contribution in [2.75, 3.05) is 13.1 Å².